The third-order valence-corrected chi connectivity index (χ3v) is 2.82. The number of likely N-dealkylation sites (tertiary alicyclic amines) is 1. The summed E-state index contributed by atoms with van der Waals surface area (Å²) >= 11 is 0. The van der Waals surface area contributed by atoms with Gasteiger partial charge < -0.3 is 10.6 Å². The Morgan fingerprint density at radius 3 is 3.00 bits per heavy atom. The van der Waals surface area contributed by atoms with Crippen LogP contribution in [0.5, 0.6) is 0 Å². The normalized spacial score (nSPS) is 20.1. The lowest BCUT2D eigenvalue weighted by Crippen LogP contribution is -2.32. The maximum absolute atomic E-state index is 12.9. The third kappa shape index (κ3) is 2.58. The molecule has 1 aliphatic rings. The van der Waals surface area contributed by atoms with Crippen molar-refractivity contribution in [2.45, 2.75) is 18.9 Å². The molecule has 1 unspecified atom stereocenters. The van der Waals surface area contributed by atoms with Crippen molar-refractivity contribution in [3.8, 4) is 0 Å². The van der Waals surface area contributed by atoms with E-state index in [0.717, 1.165) is 13.0 Å². The van der Waals surface area contributed by atoms with E-state index in [1.165, 1.54) is 12.1 Å². The summed E-state index contributed by atoms with van der Waals surface area (Å²) < 4.78 is 12.9. The maximum atomic E-state index is 12.9. The quantitative estimate of drug-likeness (QED) is 0.809. The molecule has 2 rings (SSSR count). The van der Waals surface area contributed by atoms with Gasteiger partial charge in [-0.15, -0.1) is 0 Å². The standard InChI is InChI=1S/C12H15FN2O/c13-10-3-1-2-9(6-10)7-12(16)15-5-4-11(14)8-15/h1-3,6,11H,4-5,7-8,14H2. The summed E-state index contributed by atoms with van der Waals surface area (Å²) in [5.41, 5.74) is 6.44. The van der Waals surface area contributed by atoms with Gasteiger partial charge in [-0.1, -0.05) is 12.1 Å². The first-order valence-corrected chi connectivity index (χ1v) is 5.43. The Bertz CT molecular complexity index is 394. The van der Waals surface area contributed by atoms with Crippen LogP contribution < -0.4 is 5.73 Å². The minimum Gasteiger partial charge on any atom is -0.341 e. The fourth-order valence-corrected chi connectivity index (χ4v) is 1.95. The Hall–Kier alpha value is -1.42. The Morgan fingerprint density at radius 1 is 1.56 bits per heavy atom. The minimum absolute atomic E-state index is 0.0264. The van der Waals surface area contributed by atoms with Gasteiger partial charge in [-0.3, -0.25) is 4.79 Å². The molecule has 1 heterocycles. The van der Waals surface area contributed by atoms with Crippen molar-refractivity contribution < 1.29 is 9.18 Å². The molecule has 0 bridgehead atoms. The molecule has 0 saturated carbocycles. The number of amides is 1. The van der Waals surface area contributed by atoms with E-state index in [4.69, 9.17) is 5.73 Å². The van der Waals surface area contributed by atoms with E-state index in [0.29, 0.717) is 12.1 Å². The van der Waals surface area contributed by atoms with Gasteiger partial charge in [-0.05, 0) is 24.1 Å². The number of hydrogen-bond donors (Lipinski definition) is 1. The minimum atomic E-state index is -0.302. The van der Waals surface area contributed by atoms with Crippen molar-refractivity contribution in [2.24, 2.45) is 5.73 Å². The Morgan fingerprint density at radius 2 is 2.38 bits per heavy atom. The summed E-state index contributed by atoms with van der Waals surface area (Å²) in [6, 6.07) is 6.25. The Labute approximate surface area is 94.0 Å². The van der Waals surface area contributed by atoms with Crippen molar-refractivity contribution in [1.29, 1.82) is 0 Å². The van der Waals surface area contributed by atoms with Gasteiger partial charge in [0.15, 0.2) is 0 Å². The molecule has 1 saturated heterocycles. The van der Waals surface area contributed by atoms with Gasteiger partial charge >= 0.3 is 0 Å². The molecule has 1 aliphatic heterocycles. The molecule has 2 N–H and O–H groups in total. The summed E-state index contributed by atoms with van der Waals surface area (Å²) in [6.07, 6.45) is 1.11. The molecule has 16 heavy (non-hydrogen) atoms. The van der Waals surface area contributed by atoms with Crippen LogP contribution in [0.2, 0.25) is 0 Å². The molecule has 1 amide bonds. The molecule has 0 aliphatic carbocycles. The molecule has 0 radical (unpaired) electrons. The summed E-state index contributed by atoms with van der Waals surface area (Å²) in [6.45, 7) is 1.34. The van der Waals surface area contributed by atoms with Gasteiger partial charge in [0, 0.05) is 19.1 Å². The topological polar surface area (TPSA) is 46.3 Å². The summed E-state index contributed by atoms with van der Waals surface area (Å²) in [5, 5.41) is 0. The number of halogens is 1. The Balaban J connectivity index is 1.97. The Kier molecular flexibility index (Phi) is 3.19. The van der Waals surface area contributed by atoms with Gasteiger partial charge in [0.2, 0.25) is 5.91 Å². The molecule has 3 nitrogen and oxygen atoms in total. The monoisotopic (exact) mass is 222 g/mol. The van der Waals surface area contributed by atoms with Crippen LogP contribution >= 0.6 is 0 Å². The zero-order valence-corrected chi connectivity index (χ0v) is 9.03. The van der Waals surface area contributed by atoms with Crippen LogP contribution in [0.15, 0.2) is 24.3 Å². The third-order valence-electron chi connectivity index (χ3n) is 2.82. The highest BCUT2D eigenvalue weighted by atomic mass is 19.1. The predicted octanol–water partition coefficient (Wildman–Crippen LogP) is 0.928. The molecular weight excluding hydrogens is 207 g/mol. The maximum Gasteiger partial charge on any atom is 0.227 e. The first-order chi connectivity index (χ1) is 7.65. The van der Waals surface area contributed by atoms with Gasteiger partial charge in [0.05, 0.1) is 6.42 Å². The van der Waals surface area contributed by atoms with Crippen LogP contribution in [-0.2, 0) is 11.2 Å². The zero-order chi connectivity index (χ0) is 11.5. The molecule has 0 aromatic heterocycles. The molecule has 1 fully saturated rings. The van der Waals surface area contributed by atoms with Crippen LogP contribution in [-0.4, -0.2) is 29.9 Å². The van der Waals surface area contributed by atoms with E-state index in [1.807, 2.05) is 0 Å². The highest BCUT2D eigenvalue weighted by molar-refractivity contribution is 5.79. The predicted molar refractivity (Wildman–Crippen MR) is 59.3 cm³/mol. The number of nitrogens with zero attached hydrogens (tertiary/aromatic N) is 1. The van der Waals surface area contributed by atoms with Gasteiger partial charge in [-0.2, -0.15) is 0 Å². The SMILES string of the molecule is NC1CCN(C(=O)Cc2cccc(F)c2)C1. The van der Waals surface area contributed by atoms with E-state index in [2.05, 4.69) is 0 Å². The molecule has 4 heteroatoms. The zero-order valence-electron chi connectivity index (χ0n) is 9.03. The second kappa shape index (κ2) is 4.61. The van der Waals surface area contributed by atoms with E-state index >= 15 is 0 Å². The average Bonchev–Trinajstić information content (AvgIpc) is 2.65. The number of carbonyl (C=O) groups excluding carboxylic acids is 1. The van der Waals surface area contributed by atoms with Crippen LogP contribution in [0.1, 0.15) is 12.0 Å². The number of nitrogens with two attached hydrogens (primary N) is 1. The highest BCUT2D eigenvalue weighted by Gasteiger charge is 2.23. The van der Waals surface area contributed by atoms with Crippen LogP contribution in [0.3, 0.4) is 0 Å². The van der Waals surface area contributed by atoms with E-state index in [1.54, 1.807) is 17.0 Å². The fraction of sp³-hybridized carbons (Fsp3) is 0.417. The van der Waals surface area contributed by atoms with Crippen molar-refractivity contribution in [1.82, 2.24) is 4.90 Å². The van der Waals surface area contributed by atoms with Gasteiger partial charge in [0.1, 0.15) is 5.82 Å². The van der Waals surface area contributed by atoms with Crippen LogP contribution in [0.4, 0.5) is 4.39 Å². The second-order valence-electron chi connectivity index (χ2n) is 4.20. The van der Waals surface area contributed by atoms with Crippen LogP contribution in [0, 0.1) is 5.82 Å². The number of hydrogen-bond acceptors (Lipinski definition) is 2. The van der Waals surface area contributed by atoms with Gasteiger partial charge in [-0.25, -0.2) is 4.39 Å². The lowest BCUT2D eigenvalue weighted by atomic mass is 10.1. The molecule has 1 aromatic carbocycles. The van der Waals surface area contributed by atoms with E-state index < -0.39 is 0 Å². The average molecular weight is 222 g/mol. The summed E-state index contributed by atoms with van der Waals surface area (Å²) in [7, 11) is 0. The van der Waals surface area contributed by atoms with Crippen molar-refractivity contribution in [2.75, 3.05) is 13.1 Å². The molecule has 86 valence electrons. The fourth-order valence-electron chi connectivity index (χ4n) is 1.95. The molecular formula is C12H15FN2O. The highest BCUT2D eigenvalue weighted by Crippen LogP contribution is 2.11. The first kappa shape index (κ1) is 11.1. The van der Waals surface area contributed by atoms with Crippen molar-refractivity contribution >= 4 is 5.91 Å². The summed E-state index contributed by atoms with van der Waals surface area (Å²) in [4.78, 5) is 13.6. The number of benzene rings is 1. The van der Waals surface area contributed by atoms with Crippen molar-refractivity contribution in [3.63, 3.8) is 0 Å². The number of carbonyl (C=O) groups is 1. The lowest BCUT2D eigenvalue weighted by Gasteiger charge is -2.15. The van der Waals surface area contributed by atoms with Crippen LogP contribution in [0.25, 0.3) is 0 Å². The smallest absolute Gasteiger partial charge is 0.227 e. The molecule has 0 spiro atoms. The first-order valence-electron chi connectivity index (χ1n) is 5.43. The largest absolute Gasteiger partial charge is 0.341 e. The second-order valence-corrected chi connectivity index (χ2v) is 4.20. The van der Waals surface area contributed by atoms with E-state index in [-0.39, 0.29) is 24.2 Å². The summed E-state index contributed by atoms with van der Waals surface area (Å²) in [5.74, 6) is -0.276. The number of rotatable bonds is 2. The van der Waals surface area contributed by atoms with Crippen molar-refractivity contribution in [3.05, 3.63) is 35.6 Å². The van der Waals surface area contributed by atoms with E-state index in [9.17, 15) is 9.18 Å². The lowest BCUT2D eigenvalue weighted by molar-refractivity contribution is -0.129. The van der Waals surface area contributed by atoms with Gasteiger partial charge in [0.25, 0.3) is 0 Å². The molecule has 1 aromatic rings. The molecule has 1 atom stereocenters.